The first-order valence-electron chi connectivity index (χ1n) is 16.1. The molecule has 0 fully saturated rings. The number of aryl methyl sites for hydroxylation is 2. The van der Waals surface area contributed by atoms with Crippen LogP contribution in [0.25, 0.3) is 55.5 Å². The molecule has 230 valence electrons. The Bertz CT molecular complexity index is 2440. The molecule has 47 heavy (non-hydrogen) atoms. The van der Waals surface area contributed by atoms with Gasteiger partial charge in [0.1, 0.15) is 23.6 Å². The van der Waals surface area contributed by atoms with Crippen molar-refractivity contribution in [1.29, 1.82) is 0 Å². The summed E-state index contributed by atoms with van der Waals surface area (Å²) in [6, 6.07) is 40.1. The first-order valence-corrected chi connectivity index (χ1v) is 16.1. The number of rotatable bonds is 5. The van der Waals surface area contributed by atoms with Gasteiger partial charge in [0.05, 0.1) is 27.8 Å². The molecule has 0 aliphatic carbocycles. The molecule has 3 aromatic heterocycles. The van der Waals surface area contributed by atoms with Crippen molar-refractivity contribution in [3.63, 3.8) is 0 Å². The van der Waals surface area contributed by atoms with Crippen molar-refractivity contribution in [3.05, 3.63) is 144 Å². The van der Waals surface area contributed by atoms with E-state index in [0.29, 0.717) is 0 Å². The van der Waals surface area contributed by atoms with E-state index < -0.39 is 0 Å². The van der Waals surface area contributed by atoms with E-state index >= 15 is 0 Å². The van der Waals surface area contributed by atoms with Crippen molar-refractivity contribution in [2.45, 2.75) is 40.0 Å². The minimum atomic E-state index is 0.0926. The molecule has 0 radical (unpaired) electrons. The molecule has 8 aromatic rings. The van der Waals surface area contributed by atoms with Crippen molar-refractivity contribution in [2.24, 2.45) is 0 Å². The lowest BCUT2D eigenvalue weighted by Gasteiger charge is -2.22. The van der Waals surface area contributed by atoms with Gasteiger partial charge in [-0.1, -0.05) is 69.3 Å². The first-order chi connectivity index (χ1) is 22.7. The van der Waals surface area contributed by atoms with Gasteiger partial charge < -0.3 is 4.74 Å². The minimum absolute atomic E-state index is 0.0926. The van der Waals surface area contributed by atoms with E-state index in [2.05, 4.69) is 128 Å². The molecule has 0 aliphatic heterocycles. The molecule has 0 amide bonds. The van der Waals surface area contributed by atoms with Gasteiger partial charge in [0.25, 0.3) is 0 Å². The van der Waals surface area contributed by atoms with Gasteiger partial charge in [0.2, 0.25) is 0 Å². The third-order valence-electron chi connectivity index (χ3n) is 9.09. The highest BCUT2D eigenvalue weighted by Gasteiger charge is 2.19. The SMILES string of the molecule is Cc1cc(C(C)(C)C)cc(C)c1-c1ccnc(-n2c3ccccc3c3ccc(Oc4cccc(-n5cnc6ccccc65)c4)cc32)c1. The van der Waals surface area contributed by atoms with E-state index in [0.717, 1.165) is 56.0 Å². The van der Waals surface area contributed by atoms with Crippen LogP contribution in [0, 0.1) is 13.8 Å². The molecule has 0 saturated heterocycles. The number of benzene rings is 5. The molecule has 5 nitrogen and oxygen atoms in total. The lowest BCUT2D eigenvalue weighted by Crippen LogP contribution is -2.12. The van der Waals surface area contributed by atoms with Crippen LogP contribution in [-0.4, -0.2) is 19.1 Å². The van der Waals surface area contributed by atoms with E-state index in [9.17, 15) is 0 Å². The summed E-state index contributed by atoms with van der Waals surface area (Å²) in [6.07, 6.45) is 3.78. The Balaban J connectivity index is 1.22. The Morgan fingerprint density at radius 3 is 2.15 bits per heavy atom. The summed E-state index contributed by atoms with van der Waals surface area (Å²) in [6.45, 7) is 11.2. The molecule has 3 heterocycles. The van der Waals surface area contributed by atoms with E-state index in [1.807, 2.05) is 48.9 Å². The zero-order valence-corrected chi connectivity index (χ0v) is 27.3. The molecule has 0 atom stereocenters. The number of para-hydroxylation sites is 3. The topological polar surface area (TPSA) is 44.9 Å². The van der Waals surface area contributed by atoms with Crippen LogP contribution in [0.1, 0.15) is 37.5 Å². The summed E-state index contributed by atoms with van der Waals surface area (Å²) < 4.78 is 10.9. The first kappa shape index (κ1) is 28.8. The molecule has 5 heteroatoms. The summed E-state index contributed by atoms with van der Waals surface area (Å²) in [4.78, 5) is 9.48. The smallest absolute Gasteiger partial charge is 0.138 e. The van der Waals surface area contributed by atoms with E-state index in [1.165, 1.54) is 27.6 Å². The van der Waals surface area contributed by atoms with Crippen molar-refractivity contribution in [2.75, 3.05) is 0 Å². The van der Waals surface area contributed by atoms with Gasteiger partial charge in [-0.2, -0.15) is 0 Å². The molecule has 0 aliphatic rings. The maximum Gasteiger partial charge on any atom is 0.138 e. The van der Waals surface area contributed by atoms with Crippen LogP contribution in [0.5, 0.6) is 11.5 Å². The third kappa shape index (κ3) is 5.05. The summed E-state index contributed by atoms with van der Waals surface area (Å²) >= 11 is 0. The number of nitrogens with zero attached hydrogens (tertiary/aromatic N) is 4. The predicted octanol–water partition coefficient (Wildman–Crippen LogP) is 10.9. The second-order valence-electron chi connectivity index (χ2n) is 13.4. The second-order valence-corrected chi connectivity index (χ2v) is 13.4. The van der Waals surface area contributed by atoms with Gasteiger partial charge in [-0.15, -0.1) is 0 Å². The molecule has 0 spiro atoms. The molecule has 0 bridgehead atoms. The summed E-state index contributed by atoms with van der Waals surface area (Å²) in [5.41, 5.74) is 11.6. The highest BCUT2D eigenvalue weighted by molar-refractivity contribution is 6.09. The van der Waals surface area contributed by atoms with E-state index in [1.54, 1.807) is 0 Å². The fraction of sp³-hybridized carbons (Fsp3) is 0.143. The number of ether oxygens (including phenoxy) is 1. The number of hydrogen-bond acceptors (Lipinski definition) is 3. The molecule has 0 unspecified atom stereocenters. The van der Waals surface area contributed by atoms with Crippen LogP contribution in [0.15, 0.2) is 128 Å². The van der Waals surface area contributed by atoms with Crippen LogP contribution >= 0.6 is 0 Å². The summed E-state index contributed by atoms with van der Waals surface area (Å²) in [5, 5.41) is 2.33. The summed E-state index contributed by atoms with van der Waals surface area (Å²) in [7, 11) is 0. The maximum absolute atomic E-state index is 6.52. The lowest BCUT2D eigenvalue weighted by molar-refractivity contribution is 0.483. The van der Waals surface area contributed by atoms with Gasteiger partial charge in [-0.3, -0.25) is 9.13 Å². The van der Waals surface area contributed by atoms with Crippen LogP contribution in [-0.2, 0) is 5.41 Å². The summed E-state index contributed by atoms with van der Waals surface area (Å²) in [5.74, 6) is 2.39. The second kappa shape index (κ2) is 11.0. The van der Waals surface area contributed by atoms with Gasteiger partial charge in [0.15, 0.2) is 0 Å². The minimum Gasteiger partial charge on any atom is -0.457 e. The van der Waals surface area contributed by atoms with E-state index in [-0.39, 0.29) is 5.41 Å². The Morgan fingerprint density at radius 1 is 0.617 bits per heavy atom. The van der Waals surface area contributed by atoms with Crippen molar-refractivity contribution >= 4 is 32.8 Å². The quantitative estimate of drug-likeness (QED) is 0.194. The normalized spacial score (nSPS) is 11.9. The Kier molecular flexibility index (Phi) is 6.73. The Morgan fingerprint density at radius 2 is 1.34 bits per heavy atom. The van der Waals surface area contributed by atoms with Crippen molar-refractivity contribution < 1.29 is 4.74 Å². The molecule has 0 N–H and O–H groups in total. The highest BCUT2D eigenvalue weighted by Crippen LogP contribution is 2.37. The lowest BCUT2D eigenvalue weighted by atomic mass is 9.83. The Labute approximate surface area is 274 Å². The molecule has 8 rings (SSSR count). The van der Waals surface area contributed by atoms with Gasteiger partial charge in [0, 0.05) is 29.1 Å². The number of hydrogen-bond donors (Lipinski definition) is 0. The van der Waals surface area contributed by atoms with Crippen LogP contribution < -0.4 is 4.74 Å². The monoisotopic (exact) mass is 612 g/mol. The standard InChI is InChI=1S/C42H36N4O/c1-27-21-30(42(3,4)5)22-28(2)41(27)29-19-20-43-40(23-29)46-37-15-8-6-13-34(37)35-18-17-33(25-39(35)46)47-32-12-10-11-31(24-32)45-26-44-36-14-7-9-16-38(36)45/h6-26H,1-5H3. The predicted molar refractivity (Wildman–Crippen MR) is 193 cm³/mol. The highest BCUT2D eigenvalue weighted by atomic mass is 16.5. The number of aromatic nitrogens is 4. The number of imidazole rings is 1. The van der Waals surface area contributed by atoms with Crippen LogP contribution in [0.4, 0.5) is 0 Å². The van der Waals surface area contributed by atoms with Gasteiger partial charge in [-0.05, 0) is 102 Å². The Hall–Kier alpha value is -5.68. The largest absolute Gasteiger partial charge is 0.457 e. The fourth-order valence-corrected chi connectivity index (χ4v) is 6.81. The average Bonchev–Trinajstić information content (AvgIpc) is 3.64. The van der Waals surface area contributed by atoms with Crippen LogP contribution in [0.3, 0.4) is 0 Å². The zero-order chi connectivity index (χ0) is 32.3. The van der Waals surface area contributed by atoms with Gasteiger partial charge >= 0.3 is 0 Å². The van der Waals surface area contributed by atoms with Crippen molar-refractivity contribution in [1.82, 2.24) is 19.1 Å². The molecular weight excluding hydrogens is 576 g/mol. The molecule has 0 saturated carbocycles. The molecule has 5 aromatic carbocycles. The average molecular weight is 613 g/mol. The number of fused-ring (bicyclic) bond motifs is 4. The van der Waals surface area contributed by atoms with E-state index in [4.69, 9.17) is 9.72 Å². The fourth-order valence-electron chi connectivity index (χ4n) is 6.81. The number of pyridine rings is 1. The zero-order valence-electron chi connectivity index (χ0n) is 27.3. The third-order valence-corrected chi connectivity index (χ3v) is 9.09. The molecular formula is C42H36N4O. The van der Waals surface area contributed by atoms with Gasteiger partial charge in [-0.25, -0.2) is 9.97 Å². The van der Waals surface area contributed by atoms with Crippen LogP contribution in [0.2, 0.25) is 0 Å². The maximum atomic E-state index is 6.52. The van der Waals surface area contributed by atoms with Crippen molar-refractivity contribution in [3.8, 4) is 34.1 Å².